The van der Waals surface area contributed by atoms with Crippen LogP contribution < -0.4 is 5.43 Å². The molecule has 2 heteroatoms. The van der Waals surface area contributed by atoms with Crippen molar-refractivity contribution in [2.24, 2.45) is 0 Å². The Morgan fingerprint density at radius 1 is 1.25 bits per heavy atom. The Morgan fingerprint density at radius 2 is 2.00 bits per heavy atom. The minimum Gasteiger partial charge on any atom is -0.461 e. The van der Waals surface area contributed by atoms with Gasteiger partial charge in [-0.05, 0) is 19.1 Å². The second kappa shape index (κ2) is 2.48. The van der Waals surface area contributed by atoms with Crippen LogP contribution in [0, 0.1) is 6.92 Å². The molecule has 0 spiro atoms. The van der Waals surface area contributed by atoms with E-state index in [1.165, 1.54) is 6.07 Å². The summed E-state index contributed by atoms with van der Waals surface area (Å²) in [4.78, 5) is 11.3. The van der Waals surface area contributed by atoms with Gasteiger partial charge in [0.1, 0.15) is 11.3 Å². The minimum absolute atomic E-state index is 0.0225. The van der Waals surface area contributed by atoms with Crippen molar-refractivity contribution in [2.45, 2.75) is 6.92 Å². The lowest BCUT2D eigenvalue weighted by atomic mass is 10.2. The van der Waals surface area contributed by atoms with Gasteiger partial charge in [0.25, 0.3) is 0 Å². The molecule has 1 heterocycles. The summed E-state index contributed by atoms with van der Waals surface area (Å²) in [6.07, 6.45) is 0. The Balaban J connectivity index is 2.99. The molecule has 0 aliphatic rings. The van der Waals surface area contributed by atoms with Gasteiger partial charge in [-0.1, -0.05) is 12.1 Å². The molecule has 0 bridgehead atoms. The van der Waals surface area contributed by atoms with Gasteiger partial charge < -0.3 is 4.42 Å². The van der Waals surface area contributed by atoms with Crippen molar-refractivity contribution in [2.75, 3.05) is 0 Å². The molecule has 1 aromatic carbocycles. The number of hydrogen-bond donors (Lipinski definition) is 0. The van der Waals surface area contributed by atoms with Crippen molar-refractivity contribution in [3.8, 4) is 0 Å². The predicted octanol–water partition coefficient (Wildman–Crippen LogP) is 2.10. The van der Waals surface area contributed by atoms with Crippen LogP contribution in [-0.4, -0.2) is 0 Å². The van der Waals surface area contributed by atoms with Gasteiger partial charge in [-0.2, -0.15) is 0 Å². The lowest BCUT2D eigenvalue weighted by molar-refractivity contribution is 0.565. The van der Waals surface area contributed by atoms with E-state index in [1.807, 2.05) is 12.1 Å². The predicted molar refractivity (Wildman–Crippen MR) is 47.2 cm³/mol. The van der Waals surface area contributed by atoms with Crippen LogP contribution in [0.1, 0.15) is 5.76 Å². The van der Waals surface area contributed by atoms with Gasteiger partial charge in [0, 0.05) is 6.07 Å². The maximum absolute atomic E-state index is 11.3. The molecule has 0 atom stereocenters. The van der Waals surface area contributed by atoms with Gasteiger partial charge in [-0.15, -0.1) is 0 Å². The van der Waals surface area contributed by atoms with Crippen LogP contribution in [0.15, 0.2) is 39.5 Å². The smallest absolute Gasteiger partial charge is 0.192 e. The molecule has 0 aliphatic heterocycles. The fraction of sp³-hybridized carbons (Fsp3) is 0.100. The molecular weight excluding hydrogens is 152 g/mol. The van der Waals surface area contributed by atoms with E-state index in [2.05, 4.69) is 0 Å². The summed E-state index contributed by atoms with van der Waals surface area (Å²) in [5.41, 5.74) is 0.678. The second-order valence-corrected chi connectivity index (χ2v) is 2.72. The third kappa shape index (κ3) is 1.01. The van der Waals surface area contributed by atoms with E-state index in [9.17, 15) is 4.79 Å². The fourth-order valence-corrected chi connectivity index (χ4v) is 1.22. The van der Waals surface area contributed by atoms with Gasteiger partial charge in [0.15, 0.2) is 5.43 Å². The first-order valence-electron chi connectivity index (χ1n) is 3.77. The van der Waals surface area contributed by atoms with Crippen molar-refractivity contribution in [1.82, 2.24) is 0 Å². The van der Waals surface area contributed by atoms with E-state index in [4.69, 9.17) is 4.42 Å². The average molecular weight is 160 g/mol. The highest BCUT2D eigenvalue weighted by Gasteiger charge is 1.98. The minimum atomic E-state index is 0.0225. The molecule has 1 aromatic heterocycles. The lowest BCUT2D eigenvalue weighted by Gasteiger charge is -1.96. The Bertz CT molecular complexity index is 468. The van der Waals surface area contributed by atoms with Crippen LogP contribution in [0.25, 0.3) is 11.0 Å². The van der Waals surface area contributed by atoms with Crippen molar-refractivity contribution >= 4 is 11.0 Å². The van der Waals surface area contributed by atoms with Gasteiger partial charge >= 0.3 is 0 Å². The summed E-state index contributed by atoms with van der Waals surface area (Å²) >= 11 is 0. The number of aryl methyl sites for hydroxylation is 1. The largest absolute Gasteiger partial charge is 0.461 e. The SMILES string of the molecule is Cc1cc(=O)c2ccccc2o1. The third-order valence-corrected chi connectivity index (χ3v) is 1.76. The zero-order chi connectivity index (χ0) is 8.55. The summed E-state index contributed by atoms with van der Waals surface area (Å²) in [7, 11) is 0. The molecule has 2 nitrogen and oxygen atoms in total. The number of rotatable bonds is 0. The van der Waals surface area contributed by atoms with E-state index < -0.39 is 0 Å². The highest BCUT2D eigenvalue weighted by atomic mass is 16.3. The zero-order valence-corrected chi connectivity index (χ0v) is 6.70. The van der Waals surface area contributed by atoms with Gasteiger partial charge in [-0.25, -0.2) is 0 Å². The van der Waals surface area contributed by atoms with Crippen molar-refractivity contribution in [3.63, 3.8) is 0 Å². The molecule has 0 radical (unpaired) electrons. The van der Waals surface area contributed by atoms with Crippen LogP contribution in [0.3, 0.4) is 0 Å². The molecule has 0 saturated carbocycles. The summed E-state index contributed by atoms with van der Waals surface area (Å²) in [5.74, 6) is 0.652. The van der Waals surface area contributed by atoms with Crippen LogP contribution >= 0.6 is 0 Å². The second-order valence-electron chi connectivity index (χ2n) is 2.72. The maximum Gasteiger partial charge on any atom is 0.192 e. The molecule has 12 heavy (non-hydrogen) atoms. The van der Waals surface area contributed by atoms with E-state index >= 15 is 0 Å². The van der Waals surface area contributed by atoms with Crippen LogP contribution in [0.5, 0.6) is 0 Å². The van der Waals surface area contributed by atoms with Crippen LogP contribution in [0.2, 0.25) is 0 Å². The number of para-hydroxylation sites is 1. The Morgan fingerprint density at radius 3 is 2.83 bits per heavy atom. The highest BCUT2D eigenvalue weighted by molar-refractivity contribution is 5.75. The normalized spacial score (nSPS) is 10.4. The quantitative estimate of drug-likeness (QED) is 0.590. The van der Waals surface area contributed by atoms with Gasteiger partial charge in [0.2, 0.25) is 0 Å². The molecule has 0 saturated heterocycles. The molecule has 0 unspecified atom stereocenters. The summed E-state index contributed by atoms with van der Waals surface area (Å²) in [5, 5.41) is 0.642. The Hall–Kier alpha value is -1.57. The maximum atomic E-state index is 11.3. The van der Waals surface area contributed by atoms with Crippen LogP contribution in [0.4, 0.5) is 0 Å². The van der Waals surface area contributed by atoms with Crippen molar-refractivity contribution < 1.29 is 4.42 Å². The molecule has 0 fully saturated rings. The van der Waals surface area contributed by atoms with Gasteiger partial charge in [-0.3, -0.25) is 4.79 Å². The molecule has 0 amide bonds. The number of benzene rings is 1. The van der Waals surface area contributed by atoms with Crippen molar-refractivity contribution in [1.29, 1.82) is 0 Å². The molecule has 0 aliphatic carbocycles. The van der Waals surface area contributed by atoms with E-state index in [0.29, 0.717) is 16.7 Å². The highest BCUT2D eigenvalue weighted by Crippen LogP contribution is 2.10. The molecule has 2 aromatic rings. The molecule has 2 rings (SSSR count). The van der Waals surface area contributed by atoms with E-state index in [0.717, 1.165) is 0 Å². The van der Waals surface area contributed by atoms with Gasteiger partial charge in [0.05, 0.1) is 5.39 Å². The van der Waals surface area contributed by atoms with Crippen molar-refractivity contribution in [3.05, 3.63) is 46.3 Å². The number of fused-ring (bicyclic) bond motifs is 1. The summed E-state index contributed by atoms with van der Waals surface area (Å²) in [6.45, 7) is 1.77. The Kier molecular flexibility index (Phi) is 1.47. The summed E-state index contributed by atoms with van der Waals surface area (Å²) < 4.78 is 5.34. The first kappa shape index (κ1) is 7.10. The fourth-order valence-electron chi connectivity index (χ4n) is 1.22. The Labute approximate surface area is 69.4 Å². The van der Waals surface area contributed by atoms with Crippen LogP contribution in [-0.2, 0) is 0 Å². The first-order valence-corrected chi connectivity index (χ1v) is 3.77. The lowest BCUT2D eigenvalue weighted by Crippen LogP contribution is -1.99. The van der Waals surface area contributed by atoms with E-state index in [-0.39, 0.29) is 5.43 Å². The molecule has 60 valence electrons. The number of hydrogen-bond acceptors (Lipinski definition) is 2. The first-order chi connectivity index (χ1) is 5.77. The standard InChI is InChI=1S/C10H8O2/c1-7-6-9(11)8-4-2-3-5-10(8)12-7/h2-6H,1H3. The molecule has 0 N–H and O–H groups in total. The van der Waals surface area contributed by atoms with E-state index in [1.54, 1.807) is 19.1 Å². The summed E-state index contributed by atoms with van der Waals surface area (Å²) in [6, 6.07) is 8.74. The zero-order valence-electron chi connectivity index (χ0n) is 6.70. The topological polar surface area (TPSA) is 30.2 Å². The monoisotopic (exact) mass is 160 g/mol. The molecular formula is C10H8O2. The third-order valence-electron chi connectivity index (χ3n) is 1.76. The average Bonchev–Trinajstić information content (AvgIpc) is 2.04.